The Morgan fingerprint density at radius 1 is 1.32 bits per heavy atom. The third kappa shape index (κ3) is 4.12. The van der Waals surface area contributed by atoms with E-state index in [2.05, 4.69) is 24.1 Å². The van der Waals surface area contributed by atoms with Crippen LogP contribution in [0.1, 0.15) is 45.6 Å². The van der Waals surface area contributed by atoms with Crippen molar-refractivity contribution < 1.29 is 18.3 Å². The smallest absolute Gasteiger partial charge is 0.393 e. The summed E-state index contributed by atoms with van der Waals surface area (Å²) in [6, 6.07) is 2.31. The fourth-order valence-corrected chi connectivity index (χ4v) is 3.79. The van der Waals surface area contributed by atoms with E-state index in [4.69, 9.17) is 0 Å². The van der Waals surface area contributed by atoms with Gasteiger partial charge in [0, 0.05) is 12.7 Å². The van der Waals surface area contributed by atoms with E-state index in [1.165, 1.54) is 12.3 Å². The van der Waals surface area contributed by atoms with Gasteiger partial charge in [0.15, 0.2) is 0 Å². The first-order chi connectivity index (χ1) is 10.0. The highest BCUT2D eigenvalue weighted by Crippen LogP contribution is 2.46. The highest BCUT2D eigenvalue weighted by molar-refractivity contribution is 5.45. The molecular weight excluding hydrogens is 293 g/mol. The van der Waals surface area contributed by atoms with Crippen LogP contribution in [0.2, 0.25) is 0 Å². The molecule has 0 aromatic carbocycles. The van der Waals surface area contributed by atoms with Crippen LogP contribution < -0.4 is 5.32 Å². The van der Waals surface area contributed by atoms with Gasteiger partial charge in [-0.2, -0.15) is 13.2 Å². The predicted octanol–water partition coefficient (Wildman–Crippen LogP) is 4.09. The number of anilines is 1. The zero-order chi connectivity index (χ0) is 16.6. The molecule has 1 heterocycles. The van der Waals surface area contributed by atoms with Crippen LogP contribution >= 0.6 is 0 Å². The maximum Gasteiger partial charge on any atom is 0.419 e. The molecular formula is C16H23F3N2O. The number of halogens is 3. The Hall–Kier alpha value is -1.30. The fraction of sp³-hybridized carbons (Fsp3) is 0.688. The number of alkyl halides is 3. The molecule has 0 radical (unpaired) electrons. The first-order valence-electron chi connectivity index (χ1n) is 7.45. The van der Waals surface area contributed by atoms with E-state index in [0.717, 1.165) is 18.9 Å². The van der Waals surface area contributed by atoms with Crippen LogP contribution in [0, 0.1) is 10.8 Å². The average molecular weight is 316 g/mol. The molecule has 0 bridgehead atoms. The molecule has 6 heteroatoms. The number of aromatic nitrogens is 1. The lowest BCUT2D eigenvalue weighted by atomic mass is 9.63. The van der Waals surface area contributed by atoms with Gasteiger partial charge in [-0.05, 0) is 42.2 Å². The number of aliphatic hydroxyl groups excluding tert-OH is 1. The Morgan fingerprint density at radius 3 is 2.59 bits per heavy atom. The molecule has 3 nitrogen and oxygen atoms in total. The number of rotatable bonds is 3. The standard InChI is InChI=1S/C16H23F3N2O/c1-14(2)7-11(22)8-15(3,9-14)10-21-13-12(16(17,18)19)5-4-6-20-13/h4-6,11,22H,7-10H2,1-3H3,(H,20,21). The number of nitrogens with zero attached hydrogens (tertiary/aromatic N) is 1. The van der Waals surface area contributed by atoms with Gasteiger partial charge in [-0.3, -0.25) is 0 Å². The van der Waals surface area contributed by atoms with Crippen molar-refractivity contribution in [1.29, 1.82) is 0 Å². The molecule has 0 amide bonds. The zero-order valence-corrected chi connectivity index (χ0v) is 13.2. The molecule has 1 saturated carbocycles. The largest absolute Gasteiger partial charge is 0.419 e. The van der Waals surface area contributed by atoms with Crippen LogP contribution in [0.4, 0.5) is 19.0 Å². The van der Waals surface area contributed by atoms with Gasteiger partial charge in [0.25, 0.3) is 0 Å². The molecule has 2 rings (SSSR count). The second-order valence-corrected chi connectivity index (χ2v) is 7.46. The van der Waals surface area contributed by atoms with Crippen LogP contribution in [-0.2, 0) is 6.18 Å². The number of nitrogens with one attached hydrogen (secondary N) is 1. The lowest BCUT2D eigenvalue weighted by molar-refractivity contribution is -0.137. The van der Waals surface area contributed by atoms with Crippen LogP contribution in [0.5, 0.6) is 0 Å². The molecule has 2 unspecified atom stereocenters. The third-order valence-corrected chi connectivity index (χ3v) is 4.22. The normalized spacial score (nSPS) is 28.4. The van der Waals surface area contributed by atoms with Gasteiger partial charge in [-0.25, -0.2) is 4.98 Å². The predicted molar refractivity (Wildman–Crippen MR) is 79.5 cm³/mol. The Labute approximate surface area is 129 Å². The van der Waals surface area contributed by atoms with Crippen molar-refractivity contribution in [2.45, 2.75) is 52.3 Å². The number of aliphatic hydroxyl groups is 1. The topological polar surface area (TPSA) is 45.1 Å². The molecule has 124 valence electrons. The van der Waals surface area contributed by atoms with E-state index in [1.54, 1.807) is 0 Å². The van der Waals surface area contributed by atoms with Gasteiger partial charge < -0.3 is 10.4 Å². The van der Waals surface area contributed by atoms with Gasteiger partial charge in [0.1, 0.15) is 5.82 Å². The highest BCUT2D eigenvalue weighted by Gasteiger charge is 2.41. The van der Waals surface area contributed by atoms with Crippen molar-refractivity contribution in [3.05, 3.63) is 23.9 Å². The SMILES string of the molecule is CC1(C)CC(O)CC(C)(CNc2ncccc2C(F)(F)F)C1. The summed E-state index contributed by atoms with van der Waals surface area (Å²) in [4.78, 5) is 3.82. The van der Waals surface area contributed by atoms with E-state index in [1.807, 2.05) is 6.92 Å². The second kappa shape index (κ2) is 5.72. The lowest BCUT2D eigenvalue weighted by Crippen LogP contribution is -2.42. The Morgan fingerprint density at radius 2 is 2.00 bits per heavy atom. The quantitative estimate of drug-likeness (QED) is 0.883. The average Bonchev–Trinajstić information content (AvgIpc) is 2.32. The molecule has 1 aliphatic rings. The van der Waals surface area contributed by atoms with Crippen LogP contribution in [0.15, 0.2) is 18.3 Å². The van der Waals surface area contributed by atoms with Crippen molar-refractivity contribution in [3.63, 3.8) is 0 Å². The molecule has 0 saturated heterocycles. The lowest BCUT2D eigenvalue weighted by Gasteiger charge is -2.45. The maximum atomic E-state index is 13.0. The molecule has 1 fully saturated rings. The maximum absolute atomic E-state index is 13.0. The van der Waals surface area contributed by atoms with E-state index < -0.39 is 17.8 Å². The minimum absolute atomic E-state index is 0.0227. The summed E-state index contributed by atoms with van der Waals surface area (Å²) in [7, 11) is 0. The summed E-state index contributed by atoms with van der Waals surface area (Å²) in [5.74, 6) is -0.144. The van der Waals surface area contributed by atoms with E-state index in [9.17, 15) is 18.3 Å². The fourth-order valence-electron chi connectivity index (χ4n) is 3.79. The zero-order valence-electron chi connectivity index (χ0n) is 13.2. The summed E-state index contributed by atoms with van der Waals surface area (Å²) < 4.78 is 38.9. The summed E-state index contributed by atoms with van der Waals surface area (Å²) in [5, 5.41) is 12.9. The van der Waals surface area contributed by atoms with Crippen LogP contribution in [0.3, 0.4) is 0 Å². The summed E-state index contributed by atoms with van der Waals surface area (Å²) in [6.45, 7) is 6.51. The summed E-state index contributed by atoms with van der Waals surface area (Å²) in [6.07, 6.45) is -1.35. The number of pyridine rings is 1. The van der Waals surface area contributed by atoms with Crippen molar-refractivity contribution in [2.24, 2.45) is 10.8 Å². The molecule has 22 heavy (non-hydrogen) atoms. The Kier molecular flexibility index (Phi) is 4.44. The van der Waals surface area contributed by atoms with Crippen LogP contribution in [-0.4, -0.2) is 22.7 Å². The Bertz CT molecular complexity index is 530. The highest BCUT2D eigenvalue weighted by atomic mass is 19.4. The van der Waals surface area contributed by atoms with Gasteiger partial charge >= 0.3 is 6.18 Å². The van der Waals surface area contributed by atoms with Crippen molar-refractivity contribution in [3.8, 4) is 0 Å². The summed E-state index contributed by atoms with van der Waals surface area (Å²) >= 11 is 0. The number of hydrogen-bond donors (Lipinski definition) is 2. The molecule has 0 spiro atoms. The monoisotopic (exact) mass is 316 g/mol. The van der Waals surface area contributed by atoms with Crippen molar-refractivity contribution in [1.82, 2.24) is 4.98 Å². The van der Waals surface area contributed by atoms with Gasteiger partial charge in [0.05, 0.1) is 11.7 Å². The molecule has 1 aromatic heterocycles. The van der Waals surface area contributed by atoms with Crippen molar-refractivity contribution in [2.75, 3.05) is 11.9 Å². The van der Waals surface area contributed by atoms with Gasteiger partial charge in [-0.1, -0.05) is 20.8 Å². The first kappa shape index (κ1) is 17.1. The summed E-state index contributed by atoms with van der Waals surface area (Å²) in [5.41, 5.74) is -1.04. The van der Waals surface area contributed by atoms with E-state index >= 15 is 0 Å². The molecule has 1 aliphatic carbocycles. The second-order valence-electron chi connectivity index (χ2n) is 7.46. The van der Waals surface area contributed by atoms with Crippen LogP contribution in [0.25, 0.3) is 0 Å². The Balaban J connectivity index is 2.13. The number of hydrogen-bond acceptors (Lipinski definition) is 3. The third-order valence-electron chi connectivity index (χ3n) is 4.22. The molecule has 2 N–H and O–H groups in total. The molecule has 0 aliphatic heterocycles. The van der Waals surface area contributed by atoms with E-state index in [0.29, 0.717) is 13.0 Å². The molecule has 1 aromatic rings. The first-order valence-corrected chi connectivity index (χ1v) is 7.45. The minimum atomic E-state index is -4.43. The van der Waals surface area contributed by atoms with E-state index in [-0.39, 0.29) is 16.6 Å². The minimum Gasteiger partial charge on any atom is -0.393 e. The molecule has 2 atom stereocenters. The van der Waals surface area contributed by atoms with Gasteiger partial charge in [-0.15, -0.1) is 0 Å². The van der Waals surface area contributed by atoms with Gasteiger partial charge in [0.2, 0.25) is 0 Å². The van der Waals surface area contributed by atoms with Crippen molar-refractivity contribution >= 4 is 5.82 Å².